The van der Waals surface area contributed by atoms with Crippen LogP contribution in [-0.2, 0) is 0 Å². The molecule has 0 aliphatic heterocycles. The number of benzene rings is 1. The third-order valence-electron chi connectivity index (χ3n) is 3.38. The molecule has 0 amide bonds. The molecule has 2 N–H and O–H groups in total. The summed E-state index contributed by atoms with van der Waals surface area (Å²) >= 11 is 0. The normalized spacial score (nSPS) is 31.3. The van der Waals surface area contributed by atoms with Crippen molar-refractivity contribution in [2.45, 2.75) is 43.6 Å². The van der Waals surface area contributed by atoms with E-state index in [0.29, 0.717) is 18.4 Å². The second-order valence-electron chi connectivity index (χ2n) is 4.59. The van der Waals surface area contributed by atoms with Crippen LogP contribution < -0.4 is 0 Å². The van der Waals surface area contributed by atoms with E-state index >= 15 is 0 Å². The van der Waals surface area contributed by atoms with Gasteiger partial charge in [0.25, 0.3) is 0 Å². The van der Waals surface area contributed by atoms with Crippen molar-refractivity contribution in [1.82, 2.24) is 0 Å². The van der Waals surface area contributed by atoms with Crippen LogP contribution in [0.4, 0.5) is 0 Å². The molecule has 3 unspecified atom stereocenters. The first-order chi connectivity index (χ1) is 8.58. The van der Waals surface area contributed by atoms with E-state index in [0.717, 1.165) is 12.8 Å². The van der Waals surface area contributed by atoms with Crippen molar-refractivity contribution in [3.05, 3.63) is 29.8 Å². The van der Waals surface area contributed by atoms with Crippen LogP contribution in [0.15, 0.2) is 24.3 Å². The summed E-state index contributed by atoms with van der Waals surface area (Å²) in [5.74, 6) is -0.575. The van der Waals surface area contributed by atoms with E-state index in [4.69, 9.17) is 1.37 Å². The van der Waals surface area contributed by atoms with E-state index in [9.17, 15) is 15.5 Å². The molecule has 0 saturated heterocycles. The van der Waals surface area contributed by atoms with E-state index in [1.54, 1.807) is 12.1 Å². The molecule has 0 spiro atoms. The van der Waals surface area contributed by atoms with Gasteiger partial charge >= 0.3 is 0 Å². The third kappa shape index (κ3) is 2.42. The third-order valence-corrected chi connectivity index (χ3v) is 3.38. The number of phenolic OH excluding ortho intramolecular Hbond substituents is 1. The highest BCUT2D eigenvalue weighted by molar-refractivity contribution is 5.33. The van der Waals surface area contributed by atoms with Gasteiger partial charge in [-0.2, -0.15) is 5.26 Å². The Kier molecular flexibility index (Phi) is 2.98. The van der Waals surface area contributed by atoms with Gasteiger partial charge < -0.3 is 10.2 Å². The summed E-state index contributed by atoms with van der Waals surface area (Å²) < 4.78 is 8.00. The molecule has 1 fully saturated rings. The zero-order valence-electron chi connectivity index (χ0n) is 10.6. The highest BCUT2D eigenvalue weighted by Crippen LogP contribution is 2.39. The van der Waals surface area contributed by atoms with Gasteiger partial charge in [-0.05, 0) is 30.5 Å². The molecular formula is C14H17NO2. The smallest absolute Gasteiger partial charge is 0.115 e. The molecule has 1 aromatic rings. The zero-order chi connectivity index (χ0) is 13.2. The molecule has 0 radical (unpaired) electrons. The fraction of sp³-hybridized carbons (Fsp3) is 0.500. The second kappa shape index (κ2) is 4.77. The molecule has 1 saturated carbocycles. The number of nitriles is 1. The molecule has 3 atom stereocenters. The minimum atomic E-state index is -1.27. The van der Waals surface area contributed by atoms with Crippen LogP contribution in [0.5, 0.6) is 5.75 Å². The molecule has 3 heteroatoms. The largest absolute Gasteiger partial charge is 0.508 e. The average Bonchev–Trinajstić information content (AvgIpc) is 2.36. The summed E-state index contributed by atoms with van der Waals surface area (Å²) in [5.41, 5.74) is -0.610. The van der Waals surface area contributed by atoms with Gasteiger partial charge in [0, 0.05) is 1.37 Å². The van der Waals surface area contributed by atoms with Crippen molar-refractivity contribution in [3.8, 4) is 11.8 Å². The number of nitrogens with zero attached hydrogens (tertiary/aromatic N) is 1. The van der Waals surface area contributed by atoms with Crippen LogP contribution in [0.1, 0.15) is 44.9 Å². The molecular weight excluding hydrogens is 214 g/mol. The van der Waals surface area contributed by atoms with Gasteiger partial charge in [-0.25, -0.2) is 0 Å². The number of aliphatic hydroxyl groups is 1. The number of hydrogen-bond donors (Lipinski definition) is 2. The van der Waals surface area contributed by atoms with Crippen molar-refractivity contribution in [1.29, 1.82) is 5.26 Å². The fourth-order valence-electron chi connectivity index (χ4n) is 2.41. The molecule has 0 heterocycles. The monoisotopic (exact) mass is 232 g/mol. The van der Waals surface area contributed by atoms with Crippen LogP contribution in [0.3, 0.4) is 0 Å². The van der Waals surface area contributed by atoms with Crippen molar-refractivity contribution in [2.75, 3.05) is 0 Å². The van der Waals surface area contributed by atoms with Crippen LogP contribution in [0, 0.1) is 11.3 Å². The van der Waals surface area contributed by atoms with Gasteiger partial charge in [0.15, 0.2) is 0 Å². The molecule has 1 aliphatic rings. The number of hydrogen-bond acceptors (Lipinski definition) is 3. The first-order valence-corrected chi connectivity index (χ1v) is 5.91. The van der Waals surface area contributed by atoms with Crippen LogP contribution in [-0.4, -0.2) is 15.8 Å². The summed E-state index contributed by atoms with van der Waals surface area (Å²) in [4.78, 5) is 0. The van der Waals surface area contributed by atoms with Crippen LogP contribution in [0.2, 0.25) is 0 Å². The Morgan fingerprint density at radius 2 is 2.00 bits per heavy atom. The Labute approximate surface area is 103 Å². The van der Waals surface area contributed by atoms with E-state index in [1.165, 1.54) is 12.1 Å². The quantitative estimate of drug-likeness (QED) is 0.824. The second-order valence-corrected chi connectivity index (χ2v) is 4.59. The molecule has 17 heavy (non-hydrogen) atoms. The maximum absolute atomic E-state index is 10.6. The van der Waals surface area contributed by atoms with E-state index in [2.05, 4.69) is 6.07 Å². The van der Waals surface area contributed by atoms with Crippen molar-refractivity contribution < 1.29 is 11.6 Å². The van der Waals surface area contributed by atoms with Gasteiger partial charge in [0.1, 0.15) is 5.75 Å². The lowest BCUT2D eigenvalue weighted by atomic mass is 9.73. The van der Waals surface area contributed by atoms with Gasteiger partial charge in [0.2, 0.25) is 0 Å². The summed E-state index contributed by atoms with van der Waals surface area (Å²) in [7, 11) is 0. The molecule has 90 valence electrons. The Morgan fingerprint density at radius 3 is 2.59 bits per heavy atom. The minimum Gasteiger partial charge on any atom is -0.508 e. The summed E-state index contributed by atoms with van der Waals surface area (Å²) in [6.07, 6.45) is 2.28. The fourth-order valence-corrected chi connectivity index (χ4v) is 2.41. The lowest BCUT2D eigenvalue weighted by Gasteiger charge is -2.36. The molecule has 3 nitrogen and oxygen atoms in total. The maximum Gasteiger partial charge on any atom is 0.115 e. The van der Waals surface area contributed by atoms with Crippen molar-refractivity contribution in [3.63, 3.8) is 0 Å². The zero-order valence-corrected chi connectivity index (χ0v) is 9.63. The number of phenols is 1. The molecule has 2 rings (SSSR count). The predicted octanol–water partition coefficient (Wildman–Crippen LogP) is 2.69. The van der Waals surface area contributed by atoms with E-state index < -0.39 is 17.9 Å². The highest BCUT2D eigenvalue weighted by atomic mass is 16.3. The van der Waals surface area contributed by atoms with Gasteiger partial charge in [-0.15, -0.1) is 0 Å². The molecule has 1 aromatic carbocycles. The Bertz CT molecular complexity index is 454. The molecule has 0 bridgehead atoms. The summed E-state index contributed by atoms with van der Waals surface area (Å²) in [5, 5.41) is 29.2. The Hall–Kier alpha value is -1.53. The highest BCUT2D eigenvalue weighted by Gasteiger charge is 2.38. The van der Waals surface area contributed by atoms with Gasteiger partial charge in [-0.3, -0.25) is 0 Å². The van der Waals surface area contributed by atoms with E-state index in [1.807, 2.05) is 0 Å². The number of rotatable bonds is 2. The maximum atomic E-state index is 10.6. The van der Waals surface area contributed by atoms with Gasteiger partial charge in [0.05, 0.1) is 17.6 Å². The minimum absolute atomic E-state index is 0.133. The predicted molar refractivity (Wildman–Crippen MR) is 64.5 cm³/mol. The summed E-state index contributed by atoms with van der Waals surface area (Å²) in [6, 6.07) is 8.42. The topological polar surface area (TPSA) is 64.2 Å². The first-order valence-electron chi connectivity index (χ1n) is 6.49. The lowest BCUT2D eigenvalue weighted by Crippen LogP contribution is -2.37. The first kappa shape index (κ1) is 10.6. The lowest BCUT2D eigenvalue weighted by molar-refractivity contribution is -0.00715. The Balaban J connectivity index is 2.33. The van der Waals surface area contributed by atoms with Crippen molar-refractivity contribution in [2.24, 2.45) is 0 Å². The van der Waals surface area contributed by atoms with Crippen LogP contribution in [0.25, 0.3) is 0 Å². The van der Waals surface area contributed by atoms with Crippen LogP contribution >= 0.6 is 0 Å². The summed E-state index contributed by atoms with van der Waals surface area (Å²) in [6.45, 7) is 0. The van der Waals surface area contributed by atoms with Gasteiger partial charge in [-0.1, -0.05) is 31.4 Å². The Morgan fingerprint density at radius 1 is 1.29 bits per heavy atom. The number of aromatic hydroxyl groups is 1. The standard InChI is InChI=1S/C14H17NO2/c15-10-13(11-4-6-12(16)7-5-11)14(17)8-2-1-3-9-14/h4-7,13,16-17H,1-3,8-9H2/i8D. The molecule has 0 aromatic heterocycles. The molecule has 1 aliphatic carbocycles. The van der Waals surface area contributed by atoms with E-state index in [-0.39, 0.29) is 5.75 Å². The average molecular weight is 232 g/mol. The SMILES string of the molecule is [2H]C1CCCCC1(O)C(C#N)c1ccc(O)cc1. The van der Waals surface area contributed by atoms with Crippen molar-refractivity contribution >= 4 is 0 Å².